The molecule has 1 heterocycles. The van der Waals surface area contributed by atoms with Crippen molar-refractivity contribution >= 4 is 23.3 Å². The van der Waals surface area contributed by atoms with Crippen LogP contribution in [-0.4, -0.2) is 46.8 Å². The molecule has 1 aromatic carbocycles. The lowest BCUT2D eigenvalue weighted by atomic mass is 10.3. The van der Waals surface area contributed by atoms with Crippen LogP contribution in [0.4, 0.5) is 10.5 Å². The van der Waals surface area contributed by atoms with E-state index in [0.29, 0.717) is 10.7 Å². The van der Waals surface area contributed by atoms with E-state index in [9.17, 15) is 4.79 Å². The Kier molecular flexibility index (Phi) is 4.03. The van der Waals surface area contributed by atoms with Crippen LogP contribution in [0.25, 0.3) is 0 Å². The van der Waals surface area contributed by atoms with Crippen molar-refractivity contribution in [3.8, 4) is 0 Å². The first-order valence-corrected chi connectivity index (χ1v) is 5.73. The molecule has 0 spiro atoms. The van der Waals surface area contributed by atoms with Crippen LogP contribution in [0.15, 0.2) is 24.3 Å². The summed E-state index contributed by atoms with van der Waals surface area (Å²) in [5.74, 6) is 0. The molecule has 0 aromatic heterocycles. The van der Waals surface area contributed by atoms with Crippen molar-refractivity contribution in [1.29, 1.82) is 0 Å². The molecule has 2 amide bonds. The summed E-state index contributed by atoms with van der Waals surface area (Å²) in [4.78, 5) is 13.1. The van der Waals surface area contributed by atoms with E-state index in [2.05, 4.69) is 5.32 Å². The van der Waals surface area contributed by atoms with Gasteiger partial charge in [0.15, 0.2) is 6.29 Å². The number of halogens is 1. The van der Waals surface area contributed by atoms with E-state index in [1.807, 2.05) is 0 Å². The zero-order valence-corrected chi connectivity index (χ0v) is 10.2. The number of carbonyl (C=O) groups excluding carboxylic acids is 1. The molecule has 0 saturated carbocycles. The van der Waals surface area contributed by atoms with Gasteiger partial charge in [-0.3, -0.25) is 4.90 Å². The van der Waals surface area contributed by atoms with E-state index < -0.39 is 18.4 Å². The van der Waals surface area contributed by atoms with Gasteiger partial charge in [0.25, 0.3) is 0 Å². The molecule has 0 aliphatic carbocycles. The molecule has 1 saturated heterocycles. The van der Waals surface area contributed by atoms with Crippen LogP contribution in [-0.2, 0) is 4.74 Å². The minimum atomic E-state index is -1.62. The molecule has 18 heavy (non-hydrogen) atoms. The van der Waals surface area contributed by atoms with E-state index in [1.165, 1.54) is 4.90 Å². The third kappa shape index (κ3) is 2.91. The average Bonchev–Trinajstić information content (AvgIpc) is 2.81. The van der Waals surface area contributed by atoms with E-state index in [0.717, 1.165) is 0 Å². The maximum Gasteiger partial charge on any atom is 0.324 e. The Balaban J connectivity index is 2.01. The van der Waals surface area contributed by atoms with Crippen LogP contribution in [0.2, 0.25) is 5.02 Å². The molecule has 3 N–H and O–H groups in total. The number of hydrogen-bond acceptors (Lipinski definition) is 4. The first kappa shape index (κ1) is 13.1. The number of amides is 2. The molecule has 98 valence electrons. The summed E-state index contributed by atoms with van der Waals surface area (Å²) in [6.45, 7) is 0.132. The van der Waals surface area contributed by atoms with Crippen LogP contribution in [0.3, 0.4) is 0 Å². The highest BCUT2D eigenvalue weighted by Gasteiger charge is 2.34. The topological polar surface area (TPSA) is 82.0 Å². The van der Waals surface area contributed by atoms with Crippen molar-refractivity contribution in [3.63, 3.8) is 0 Å². The number of aliphatic hydroxyl groups excluding tert-OH is 1. The summed E-state index contributed by atoms with van der Waals surface area (Å²) >= 11 is 5.73. The fraction of sp³-hybridized carbons (Fsp3) is 0.364. The summed E-state index contributed by atoms with van der Waals surface area (Å²) in [7, 11) is 0. The molecule has 1 aromatic rings. The van der Waals surface area contributed by atoms with E-state index in [4.69, 9.17) is 26.6 Å². The number of ether oxygens (including phenoxy) is 1. The number of aliphatic hydroxyl groups is 2. The second-order valence-corrected chi connectivity index (χ2v) is 4.32. The maximum atomic E-state index is 11.9. The molecular formula is C11H13ClN2O4. The van der Waals surface area contributed by atoms with Crippen molar-refractivity contribution in [1.82, 2.24) is 4.90 Å². The van der Waals surface area contributed by atoms with Crippen molar-refractivity contribution in [2.45, 2.75) is 12.3 Å². The van der Waals surface area contributed by atoms with Crippen molar-refractivity contribution in [2.75, 3.05) is 18.7 Å². The van der Waals surface area contributed by atoms with Gasteiger partial charge in [-0.25, -0.2) is 4.79 Å². The summed E-state index contributed by atoms with van der Waals surface area (Å²) in [5, 5.41) is 21.4. The highest BCUT2D eigenvalue weighted by atomic mass is 35.5. The standard InChI is InChI=1S/C11H13ClN2O4/c12-7-1-3-8(4-2-7)13-11(17)14-6-18-5-9(14)10(15)16/h1-4,9-10,15-16H,5-6H2,(H,13,17)/t9-/m1/s1. The van der Waals surface area contributed by atoms with Gasteiger partial charge in [-0.1, -0.05) is 11.6 Å². The Hall–Kier alpha value is -1.34. The predicted octanol–water partition coefficient (Wildman–Crippen LogP) is 0.841. The van der Waals surface area contributed by atoms with Gasteiger partial charge in [-0.2, -0.15) is 0 Å². The van der Waals surface area contributed by atoms with Gasteiger partial charge in [0.1, 0.15) is 12.8 Å². The third-order valence-corrected chi connectivity index (χ3v) is 2.87. The van der Waals surface area contributed by atoms with Gasteiger partial charge in [-0.15, -0.1) is 0 Å². The van der Waals surface area contributed by atoms with Crippen molar-refractivity contribution < 1.29 is 19.7 Å². The Bertz CT molecular complexity index is 424. The highest BCUT2D eigenvalue weighted by molar-refractivity contribution is 6.30. The first-order chi connectivity index (χ1) is 8.58. The van der Waals surface area contributed by atoms with Crippen LogP contribution < -0.4 is 5.32 Å². The lowest BCUT2D eigenvalue weighted by molar-refractivity contribution is -0.0794. The minimum Gasteiger partial charge on any atom is -0.366 e. The van der Waals surface area contributed by atoms with Gasteiger partial charge in [0.2, 0.25) is 0 Å². The molecule has 6 nitrogen and oxygen atoms in total. The van der Waals surface area contributed by atoms with E-state index in [1.54, 1.807) is 24.3 Å². The van der Waals surface area contributed by atoms with Crippen LogP contribution >= 0.6 is 11.6 Å². The number of nitrogens with zero attached hydrogens (tertiary/aromatic N) is 1. The fourth-order valence-electron chi connectivity index (χ4n) is 1.64. The zero-order valence-electron chi connectivity index (χ0n) is 9.41. The second kappa shape index (κ2) is 5.53. The van der Waals surface area contributed by atoms with Crippen molar-refractivity contribution in [3.05, 3.63) is 29.3 Å². The minimum absolute atomic E-state index is 0.0295. The smallest absolute Gasteiger partial charge is 0.324 e. The molecule has 2 rings (SSSR count). The van der Waals surface area contributed by atoms with Crippen molar-refractivity contribution in [2.24, 2.45) is 0 Å². The largest absolute Gasteiger partial charge is 0.366 e. The molecule has 0 bridgehead atoms. The SMILES string of the molecule is O=C(Nc1ccc(Cl)cc1)N1COC[C@@H]1C(O)O. The average molecular weight is 273 g/mol. The number of rotatable bonds is 2. The molecule has 1 aliphatic heterocycles. The first-order valence-electron chi connectivity index (χ1n) is 5.35. The van der Waals surface area contributed by atoms with E-state index in [-0.39, 0.29) is 13.3 Å². The lowest BCUT2D eigenvalue weighted by Crippen LogP contribution is -2.45. The Morgan fingerprint density at radius 3 is 2.72 bits per heavy atom. The number of benzene rings is 1. The summed E-state index contributed by atoms with van der Waals surface area (Å²) < 4.78 is 5.03. The zero-order chi connectivity index (χ0) is 13.1. The predicted molar refractivity (Wildman–Crippen MR) is 65.1 cm³/mol. The Labute approximate surface area is 109 Å². The van der Waals surface area contributed by atoms with Crippen LogP contribution in [0.1, 0.15) is 0 Å². The molecule has 1 fully saturated rings. The van der Waals surface area contributed by atoms with Gasteiger partial charge >= 0.3 is 6.03 Å². The number of urea groups is 1. The molecule has 7 heteroatoms. The molecule has 1 atom stereocenters. The van der Waals surface area contributed by atoms with Gasteiger partial charge in [0, 0.05) is 10.7 Å². The normalized spacial score (nSPS) is 19.3. The third-order valence-electron chi connectivity index (χ3n) is 2.62. The molecule has 0 unspecified atom stereocenters. The quantitative estimate of drug-likeness (QED) is 0.697. The maximum absolute atomic E-state index is 11.9. The second-order valence-electron chi connectivity index (χ2n) is 3.89. The van der Waals surface area contributed by atoms with Gasteiger partial charge in [0.05, 0.1) is 6.61 Å². The van der Waals surface area contributed by atoms with E-state index >= 15 is 0 Å². The highest BCUT2D eigenvalue weighted by Crippen LogP contribution is 2.17. The monoisotopic (exact) mass is 272 g/mol. The molecule has 1 aliphatic rings. The fourth-order valence-corrected chi connectivity index (χ4v) is 1.77. The summed E-state index contributed by atoms with van der Waals surface area (Å²) in [6.07, 6.45) is -1.62. The Morgan fingerprint density at radius 2 is 2.11 bits per heavy atom. The van der Waals surface area contributed by atoms with Crippen LogP contribution in [0.5, 0.6) is 0 Å². The number of anilines is 1. The van der Waals surface area contributed by atoms with Crippen LogP contribution in [0, 0.1) is 0 Å². The number of hydrogen-bond donors (Lipinski definition) is 3. The van der Waals surface area contributed by atoms with Gasteiger partial charge in [-0.05, 0) is 24.3 Å². The van der Waals surface area contributed by atoms with Gasteiger partial charge < -0.3 is 20.3 Å². The summed E-state index contributed by atoms with van der Waals surface area (Å²) in [5.41, 5.74) is 0.572. The molecule has 0 radical (unpaired) electrons. The number of carbonyl (C=O) groups is 1. The Morgan fingerprint density at radius 1 is 1.44 bits per heavy atom. The number of nitrogens with one attached hydrogen (secondary N) is 1. The lowest BCUT2D eigenvalue weighted by Gasteiger charge is -2.23. The summed E-state index contributed by atoms with van der Waals surface area (Å²) in [6, 6.07) is 5.40. The molecular weight excluding hydrogens is 260 g/mol.